The van der Waals surface area contributed by atoms with E-state index in [9.17, 15) is 18.0 Å². The Morgan fingerprint density at radius 3 is 2.66 bits per heavy atom. The largest absolute Gasteiger partial charge is 0.495 e. The first kappa shape index (κ1) is 20.9. The topological polar surface area (TPSA) is 105 Å². The summed E-state index contributed by atoms with van der Waals surface area (Å²) in [6, 6.07) is 11.5. The van der Waals surface area contributed by atoms with Crippen LogP contribution in [0.5, 0.6) is 5.75 Å². The number of hydrogen-bond acceptors (Lipinski definition) is 5. The first-order chi connectivity index (χ1) is 13.7. The van der Waals surface area contributed by atoms with E-state index in [0.29, 0.717) is 22.1 Å². The number of benzene rings is 2. The highest BCUT2D eigenvalue weighted by Crippen LogP contribution is 2.30. The number of sulfonamides is 1. The molecule has 0 radical (unpaired) electrons. The predicted molar refractivity (Wildman–Crippen MR) is 112 cm³/mol. The lowest BCUT2D eigenvalue weighted by atomic mass is 10.1. The minimum Gasteiger partial charge on any atom is -0.495 e. The van der Waals surface area contributed by atoms with Crippen LogP contribution in [0.2, 0.25) is 5.02 Å². The molecule has 2 N–H and O–H groups in total. The summed E-state index contributed by atoms with van der Waals surface area (Å²) in [5, 5.41) is 3.24. The molecule has 1 saturated heterocycles. The molecular formula is C19H20ClN3O5S. The van der Waals surface area contributed by atoms with Crippen LogP contribution in [0.3, 0.4) is 0 Å². The molecule has 0 aromatic heterocycles. The van der Waals surface area contributed by atoms with Crippen LogP contribution < -0.4 is 19.7 Å². The van der Waals surface area contributed by atoms with Crippen LogP contribution >= 0.6 is 11.6 Å². The minimum absolute atomic E-state index is 0.0724. The molecule has 0 aliphatic carbocycles. The lowest BCUT2D eigenvalue weighted by molar-refractivity contribution is -0.122. The molecule has 8 nitrogen and oxygen atoms in total. The summed E-state index contributed by atoms with van der Waals surface area (Å²) in [6.07, 6.45) is 1.09. The molecule has 10 heteroatoms. The van der Waals surface area contributed by atoms with E-state index < -0.39 is 15.9 Å². The molecule has 2 amide bonds. The third-order valence-electron chi connectivity index (χ3n) is 4.38. The van der Waals surface area contributed by atoms with Crippen LogP contribution in [-0.4, -0.2) is 40.1 Å². The predicted octanol–water partition coefficient (Wildman–Crippen LogP) is 2.71. The van der Waals surface area contributed by atoms with Gasteiger partial charge in [-0.3, -0.25) is 14.3 Å². The van der Waals surface area contributed by atoms with Gasteiger partial charge in [-0.15, -0.1) is 0 Å². The third-order valence-corrected chi connectivity index (χ3v) is 5.20. The van der Waals surface area contributed by atoms with E-state index in [1.54, 1.807) is 36.4 Å². The number of nitrogens with one attached hydrogen (secondary N) is 2. The van der Waals surface area contributed by atoms with E-state index in [-0.39, 0.29) is 30.5 Å². The first-order valence-corrected chi connectivity index (χ1v) is 11.0. The van der Waals surface area contributed by atoms with Crippen molar-refractivity contribution in [3.8, 4) is 5.75 Å². The molecule has 0 bridgehead atoms. The lowest BCUT2D eigenvalue weighted by Crippen LogP contribution is -2.28. The molecule has 1 aliphatic heterocycles. The maximum atomic E-state index is 12.7. The summed E-state index contributed by atoms with van der Waals surface area (Å²) in [6.45, 7) is 0.232. The van der Waals surface area contributed by atoms with Crippen LogP contribution in [0.4, 0.5) is 17.1 Å². The Balaban J connectivity index is 1.73. The number of anilines is 3. The molecule has 29 heavy (non-hydrogen) atoms. The molecule has 3 rings (SSSR count). The normalized spacial score (nSPS) is 16.6. The van der Waals surface area contributed by atoms with E-state index in [1.807, 2.05) is 0 Å². The number of nitrogens with zero attached hydrogens (tertiary/aromatic N) is 1. The van der Waals surface area contributed by atoms with Crippen molar-refractivity contribution in [1.29, 1.82) is 0 Å². The van der Waals surface area contributed by atoms with Crippen LogP contribution in [0.1, 0.15) is 6.42 Å². The average molecular weight is 438 g/mol. The molecule has 1 unspecified atom stereocenters. The van der Waals surface area contributed by atoms with Crippen molar-refractivity contribution in [1.82, 2.24) is 0 Å². The van der Waals surface area contributed by atoms with Gasteiger partial charge in [-0.1, -0.05) is 17.7 Å². The second kappa shape index (κ2) is 8.30. The molecule has 1 atom stereocenters. The Labute approximate surface area is 173 Å². The number of methoxy groups -OCH3 is 1. The van der Waals surface area contributed by atoms with Crippen molar-refractivity contribution in [2.45, 2.75) is 6.42 Å². The lowest BCUT2D eigenvalue weighted by Gasteiger charge is -2.17. The Morgan fingerprint density at radius 1 is 1.24 bits per heavy atom. The van der Waals surface area contributed by atoms with Crippen LogP contribution in [0.15, 0.2) is 42.5 Å². The van der Waals surface area contributed by atoms with Crippen molar-refractivity contribution in [3.05, 3.63) is 47.5 Å². The zero-order chi connectivity index (χ0) is 21.2. The fraction of sp³-hybridized carbons (Fsp3) is 0.263. The summed E-state index contributed by atoms with van der Waals surface area (Å²) in [5.74, 6) is -0.730. The van der Waals surface area contributed by atoms with Gasteiger partial charge in [0.2, 0.25) is 21.8 Å². The van der Waals surface area contributed by atoms with Crippen molar-refractivity contribution in [3.63, 3.8) is 0 Å². The maximum Gasteiger partial charge on any atom is 0.229 e. The summed E-state index contributed by atoms with van der Waals surface area (Å²) in [5.41, 5.74) is 1.23. The number of hydrogen-bond donors (Lipinski definition) is 2. The van der Waals surface area contributed by atoms with E-state index in [0.717, 1.165) is 6.26 Å². The van der Waals surface area contributed by atoms with Gasteiger partial charge in [-0.25, -0.2) is 8.42 Å². The first-order valence-electron chi connectivity index (χ1n) is 8.69. The number of carbonyl (C=O) groups excluding carboxylic acids is 2. The van der Waals surface area contributed by atoms with Gasteiger partial charge in [-0.05, 0) is 36.4 Å². The van der Waals surface area contributed by atoms with Gasteiger partial charge in [0.25, 0.3) is 0 Å². The molecule has 1 fully saturated rings. The second-order valence-corrected chi connectivity index (χ2v) is 8.85. The number of halogens is 1. The van der Waals surface area contributed by atoms with E-state index in [4.69, 9.17) is 16.3 Å². The molecule has 0 spiro atoms. The van der Waals surface area contributed by atoms with Gasteiger partial charge >= 0.3 is 0 Å². The van der Waals surface area contributed by atoms with Crippen molar-refractivity contribution in [2.24, 2.45) is 5.92 Å². The Kier molecular flexibility index (Phi) is 5.99. The minimum atomic E-state index is -3.52. The fourth-order valence-electron chi connectivity index (χ4n) is 3.09. The summed E-state index contributed by atoms with van der Waals surface area (Å²) < 4.78 is 30.6. The van der Waals surface area contributed by atoms with Gasteiger partial charge in [0.05, 0.1) is 25.0 Å². The van der Waals surface area contributed by atoms with Crippen LogP contribution in [0, 0.1) is 5.92 Å². The van der Waals surface area contributed by atoms with Crippen LogP contribution in [0.25, 0.3) is 0 Å². The quantitative estimate of drug-likeness (QED) is 0.722. The van der Waals surface area contributed by atoms with Gasteiger partial charge < -0.3 is 15.0 Å². The van der Waals surface area contributed by atoms with E-state index >= 15 is 0 Å². The van der Waals surface area contributed by atoms with Gasteiger partial charge in [-0.2, -0.15) is 0 Å². The number of ether oxygens (including phenoxy) is 1. The molecule has 0 saturated carbocycles. The Bertz CT molecular complexity index is 1060. The SMILES string of the molecule is COc1ccc(NC(=O)C2CC(=O)N(c3cccc(Cl)c3)C2)cc1NS(C)(=O)=O. The third kappa shape index (κ3) is 5.18. The Morgan fingerprint density at radius 2 is 2.00 bits per heavy atom. The number of amides is 2. The maximum absolute atomic E-state index is 12.7. The highest BCUT2D eigenvalue weighted by atomic mass is 35.5. The molecular weight excluding hydrogens is 418 g/mol. The molecule has 154 valence electrons. The van der Waals surface area contributed by atoms with E-state index in [1.165, 1.54) is 18.1 Å². The smallest absolute Gasteiger partial charge is 0.229 e. The standard InChI is InChI=1S/C19H20ClN3O5S/c1-28-17-7-6-14(10-16(17)22-29(2,26)27)21-19(25)12-8-18(24)23(11-12)15-5-3-4-13(20)9-15/h3-7,9-10,12,22H,8,11H2,1-2H3,(H,21,25). The highest BCUT2D eigenvalue weighted by Gasteiger charge is 2.35. The molecule has 2 aromatic rings. The average Bonchev–Trinajstić information content (AvgIpc) is 3.02. The van der Waals surface area contributed by atoms with Gasteiger partial charge in [0.15, 0.2) is 0 Å². The molecule has 2 aromatic carbocycles. The summed E-state index contributed by atoms with van der Waals surface area (Å²) >= 11 is 5.99. The van der Waals surface area contributed by atoms with Crippen molar-refractivity contribution >= 4 is 50.5 Å². The zero-order valence-electron chi connectivity index (χ0n) is 15.8. The van der Waals surface area contributed by atoms with E-state index in [2.05, 4.69) is 10.0 Å². The Hall–Kier alpha value is -2.78. The summed E-state index contributed by atoms with van der Waals surface area (Å²) in [4.78, 5) is 26.6. The van der Waals surface area contributed by atoms with Gasteiger partial charge in [0, 0.05) is 29.4 Å². The molecule has 1 heterocycles. The second-order valence-electron chi connectivity index (χ2n) is 6.66. The molecule has 1 aliphatic rings. The monoisotopic (exact) mass is 437 g/mol. The fourth-order valence-corrected chi connectivity index (χ4v) is 3.83. The summed E-state index contributed by atoms with van der Waals surface area (Å²) in [7, 11) is -2.11. The van der Waals surface area contributed by atoms with Crippen molar-refractivity contribution < 1.29 is 22.7 Å². The number of carbonyl (C=O) groups is 2. The zero-order valence-corrected chi connectivity index (χ0v) is 17.4. The highest BCUT2D eigenvalue weighted by molar-refractivity contribution is 7.92. The van der Waals surface area contributed by atoms with Gasteiger partial charge in [0.1, 0.15) is 5.75 Å². The van der Waals surface area contributed by atoms with Crippen LogP contribution in [-0.2, 0) is 19.6 Å². The van der Waals surface area contributed by atoms with Crippen molar-refractivity contribution in [2.75, 3.05) is 34.8 Å². The number of rotatable bonds is 6.